The van der Waals surface area contributed by atoms with E-state index in [1.165, 1.54) is 19.3 Å². The predicted molar refractivity (Wildman–Crippen MR) is 55.6 cm³/mol. The lowest BCUT2D eigenvalue weighted by atomic mass is 9.73. The smallest absolute Gasteiger partial charge is 0.0131 e. The molecule has 0 radical (unpaired) electrons. The van der Waals surface area contributed by atoms with E-state index in [2.05, 4.69) is 20.8 Å². The molecule has 3 heteroatoms. The highest BCUT2D eigenvalue weighted by Crippen LogP contribution is 2.33. The molecule has 3 atom stereocenters. The fraction of sp³-hybridized carbons (Fsp3) is 1.00. The Kier molecular flexibility index (Phi) is 6.20. The second-order valence-electron chi connectivity index (χ2n) is 4.51. The lowest BCUT2D eigenvalue weighted by Crippen LogP contribution is -2.43. The summed E-state index contributed by atoms with van der Waals surface area (Å²) in [7, 11) is 0. The first-order valence-corrected chi connectivity index (χ1v) is 4.28. The molecule has 0 aromatic rings. The van der Waals surface area contributed by atoms with Crippen molar-refractivity contribution in [2.24, 2.45) is 17.6 Å². The van der Waals surface area contributed by atoms with Gasteiger partial charge in [0.1, 0.15) is 0 Å². The maximum Gasteiger partial charge on any atom is 0.0131 e. The van der Waals surface area contributed by atoms with Gasteiger partial charge in [0.15, 0.2) is 0 Å². The van der Waals surface area contributed by atoms with Gasteiger partial charge in [-0.2, -0.15) is 0 Å². The summed E-state index contributed by atoms with van der Waals surface area (Å²) in [6.07, 6.45) is 3.78. The summed E-state index contributed by atoms with van der Waals surface area (Å²) in [6.45, 7) is 6.79. The minimum Gasteiger partial charge on any atom is -0.412 e. The number of hydrogen-bond acceptors (Lipinski definition) is 1. The van der Waals surface area contributed by atoms with E-state index in [1.54, 1.807) is 0 Å². The van der Waals surface area contributed by atoms with Crippen molar-refractivity contribution in [2.75, 3.05) is 0 Å². The zero-order valence-electron chi connectivity index (χ0n) is 8.26. The van der Waals surface area contributed by atoms with Gasteiger partial charge in [0.2, 0.25) is 0 Å². The van der Waals surface area contributed by atoms with Crippen LogP contribution in [0.25, 0.3) is 0 Å². The van der Waals surface area contributed by atoms with Gasteiger partial charge in [-0.15, -0.1) is 12.4 Å². The van der Waals surface area contributed by atoms with Gasteiger partial charge in [-0.25, -0.2) is 0 Å². The summed E-state index contributed by atoms with van der Waals surface area (Å²) < 4.78 is 0. The average molecular weight is 196 g/mol. The molecular formula is C9H22ClNO. The molecular weight excluding hydrogens is 174 g/mol. The molecule has 1 aliphatic rings. The van der Waals surface area contributed by atoms with Crippen LogP contribution in [0, 0.1) is 11.8 Å². The van der Waals surface area contributed by atoms with E-state index in [4.69, 9.17) is 5.73 Å². The summed E-state index contributed by atoms with van der Waals surface area (Å²) in [5.41, 5.74) is 6.18. The molecule has 0 heterocycles. The number of rotatable bonds is 0. The van der Waals surface area contributed by atoms with Crippen LogP contribution in [0.4, 0.5) is 0 Å². The molecule has 4 N–H and O–H groups in total. The maximum absolute atomic E-state index is 6.06. The highest BCUT2D eigenvalue weighted by atomic mass is 35.5. The van der Waals surface area contributed by atoms with Gasteiger partial charge in [-0.1, -0.05) is 13.8 Å². The summed E-state index contributed by atoms with van der Waals surface area (Å²) in [5.74, 6) is 1.66. The van der Waals surface area contributed by atoms with E-state index >= 15 is 0 Å². The lowest BCUT2D eigenvalue weighted by Gasteiger charge is -2.37. The number of halogens is 1. The van der Waals surface area contributed by atoms with Crippen LogP contribution in [0.3, 0.4) is 0 Å². The molecule has 0 bridgehead atoms. The topological polar surface area (TPSA) is 57.5 Å². The van der Waals surface area contributed by atoms with E-state index < -0.39 is 0 Å². The fourth-order valence-corrected chi connectivity index (χ4v) is 2.53. The van der Waals surface area contributed by atoms with Crippen LogP contribution < -0.4 is 5.73 Å². The predicted octanol–water partition coefficient (Wildman–Crippen LogP) is 1.76. The SMILES string of the molecule is C[C@@H]1C[C@H](C)CC(C)(N)C1.Cl.O. The van der Waals surface area contributed by atoms with Crippen molar-refractivity contribution in [1.29, 1.82) is 0 Å². The Bertz CT molecular complexity index is 116. The van der Waals surface area contributed by atoms with Gasteiger partial charge >= 0.3 is 0 Å². The third-order valence-corrected chi connectivity index (χ3v) is 2.43. The normalized spacial score (nSPS) is 41.0. The van der Waals surface area contributed by atoms with Crippen LogP contribution in [0.1, 0.15) is 40.0 Å². The van der Waals surface area contributed by atoms with Gasteiger partial charge in [0, 0.05) is 5.54 Å². The van der Waals surface area contributed by atoms with Crippen molar-refractivity contribution in [3.05, 3.63) is 0 Å². The summed E-state index contributed by atoms with van der Waals surface area (Å²) in [5, 5.41) is 0. The fourth-order valence-electron chi connectivity index (χ4n) is 2.53. The Morgan fingerprint density at radius 3 is 1.75 bits per heavy atom. The van der Waals surface area contributed by atoms with E-state index in [0.717, 1.165) is 11.8 Å². The zero-order chi connectivity index (χ0) is 7.78. The minimum atomic E-state index is 0. The molecule has 76 valence electrons. The van der Waals surface area contributed by atoms with Crippen LogP contribution in [-0.2, 0) is 0 Å². The van der Waals surface area contributed by atoms with Crippen molar-refractivity contribution in [3.8, 4) is 0 Å². The van der Waals surface area contributed by atoms with Crippen LogP contribution in [0.15, 0.2) is 0 Å². The van der Waals surface area contributed by atoms with E-state index in [0.29, 0.717) is 0 Å². The van der Waals surface area contributed by atoms with Crippen LogP contribution in [0.5, 0.6) is 0 Å². The van der Waals surface area contributed by atoms with Gasteiger partial charge in [0.25, 0.3) is 0 Å². The quantitative estimate of drug-likeness (QED) is 0.629. The molecule has 0 amide bonds. The third-order valence-electron chi connectivity index (χ3n) is 2.43. The van der Waals surface area contributed by atoms with E-state index in [-0.39, 0.29) is 23.4 Å². The summed E-state index contributed by atoms with van der Waals surface area (Å²) >= 11 is 0. The van der Waals surface area contributed by atoms with Crippen LogP contribution in [0.2, 0.25) is 0 Å². The zero-order valence-corrected chi connectivity index (χ0v) is 9.08. The molecule has 1 rings (SSSR count). The monoisotopic (exact) mass is 195 g/mol. The highest BCUT2D eigenvalue weighted by molar-refractivity contribution is 5.85. The molecule has 12 heavy (non-hydrogen) atoms. The highest BCUT2D eigenvalue weighted by Gasteiger charge is 2.29. The van der Waals surface area contributed by atoms with Crippen LogP contribution >= 0.6 is 12.4 Å². The molecule has 0 saturated heterocycles. The van der Waals surface area contributed by atoms with Crippen molar-refractivity contribution in [2.45, 2.75) is 45.6 Å². The second-order valence-corrected chi connectivity index (χ2v) is 4.51. The lowest BCUT2D eigenvalue weighted by molar-refractivity contribution is 0.198. The Hall–Kier alpha value is 0.210. The van der Waals surface area contributed by atoms with Crippen molar-refractivity contribution in [1.82, 2.24) is 0 Å². The standard InChI is InChI=1S/C9H19N.ClH.H2O/c1-7-4-8(2)6-9(3,10)5-7;;/h7-8H,4-6,10H2,1-3H3;1H;1H2/t7-,8+,9?;;. The summed E-state index contributed by atoms with van der Waals surface area (Å²) in [4.78, 5) is 0. The Balaban J connectivity index is 0. The third kappa shape index (κ3) is 4.29. The molecule has 1 unspecified atom stereocenters. The van der Waals surface area contributed by atoms with Crippen molar-refractivity contribution in [3.63, 3.8) is 0 Å². The molecule has 1 aliphatic carbocycles. The number of hydrogen-bond donors (Lipinski definition) is 1. The molecule has 1 saturated carbocycles. The molecule has 2 nitrogen and oxygen atoms in total. The van der Waals surface area contributed by atoms with E-state index in [1.807, 2.05) is 0 Å². The van der Waals surface area contributed by atoms with E-state index in [9.17, 15) is 0 Å². The van der Waals surface area contributed by atoms with Crippen LogP contribution in [-0.4, -0.2) is 11.0 Å². The molecule has 0 aromatic carbocycles. The Morgan fingerprint density at radius 1 is 1.17 bits per heavy atom. The van der Waals surface area contributed by atoms with Crippen molar-refractivity contribution < 1.29 is 5.48 Å². The van der Waals surface area contributed by atoms with Crippen molar-refractivity contribution >= 4 is 12.4 Å². The first kappa shape index (κ1) is 14.7. The summed E-state index contributed by atoms with van der Waals surface area (Å²) in [6, 6.07) is 0. The largest absolute Gasteiger partial charge is 0.412 e. The second kappa shape index (κ2) is 5.05. The minimum absolute atomic E-state index is 0. The number of nitrogens with two attached hydrogens (primary N) is 1. The van der Waals surface area contributed by atoms with Gasteiger partial charge < -0.3 is 11.2 Å². The Labute approximate surface area is 81.6 Å². The maximum atomic E-state index is 6.06. The van der Waals surface area contributed by atoms with Gasteiger partial charge in [-0.05, 0) is 38.0 Å². The first-order valence-electron chi connectivity index (χ1n) is 4.28. The molecule has 0 aromatic heterocycles. The van der Waals surface area contributed by atoms with Gasteiger partial charge in [0.05, 0.1) is 0 Å². The average Bonchev–Trinajstić information content (AvgIpc) is 1.54. The molecule has 1 fully saturated rings. The van der Waals surface area contributed by atoms with Gasteiger partial charge in [-0.3, -0.25) is 0 Å². The molecule has 0 aliphatic heterocycles. The first-order chi connectivity index (χ1) is 4.49. The molecule has 0 spiro atoms. The Morgan fingerprint density at radius 2 is 1.50 bits per heavy atom.